The summed E-state index contributed by atoms with van der Waals surface area (Å²) in [7, 11) is 0.489. The van der Waals surface area contributed by atoms with Gasteiger partial charge in [0, 0.05) is 0 Å². The van der Waals surface area contributed by atoms with Crippen molar-refractivity contribution in [3.8, 4) is 6.07 Å². The van der Waals surface area contributed by atoms with Crippen LogP contribution in [0.4, 0.5) is 0 Å². The van der Waals surface area contributed by atoms with Crippen LogP contribution in [-0.2, 0) is 10.9 Å². The fourth-order valence-electron chi connectivity index (χ4n) is 2.65. The summed E-state index contributed by atoms with van der Waals surface area (Å²) in [6.07, 6.45) is 14.9. The van der Waals surface area contributed by atoms with Crippen molar-refractivity contribution in [2.45, 2.75) is 96.7 Å². The first kappa shape index (κ1) is 19.8. The van der Waals surface area contributed by atoms with Crippen LogP contribution in [0.2, 0.25) is 0 Å². The molecule has 0 amide bonds. The zero-order valence-electron chi connectivity index (χ0n) is 14.1. The van der Waals surface area contributed by atoms with Crippen LogP contribution in [0.15, 0.2) is 0 Å². The Morgan fingerprint density at radius 2 is 1.35 bits per heavy atom. The van der Waals surface area contributed by atoms with Gasteiger partial charge in [0.2, 0.25) is 0 Å². The molecule has 0 aliphatic rings. The predicted molar refractivity (Wildman–Crippen MR) is 94.3 cm³/mol. The van der Waals surface area contributed by atoms with Gasteiger partial charge in [-0.15, -0.1) is 0 Å². The molecule has 1 nitrogen and oxygen atoms in total. The highest BCUT2D eigenvalue weighted by molar-refractivity contribution is 7.97. The molecule has 0 radical (unpaired) electrons. The summed E-state index contributed by atoms with van der Waals surface area (Å²) in [5.41, 5.74) is 0. The molecule has 2 atom stereocenters. The normalized spacial score (nSPS) is 13.9. The van der Waals surface area contributed by atoms with E-state index in [1.54, 1.807) is 0 Å². The number of rotatable bonds is 14. The first-order valence-corrected chi connectivity index (χ1v) is 10.4. The van der Waals surface area contributed by atoms with E-state index >= 15 is 0 Å². The Morgan fingerprint density at radius 3 is 1.80 bits per heavy atom. The zero-order chi connectivity index (χ0) is 15.1. The molecule has 0 heterocycles. The molecule has 20 heavy (non-hydrogen) atoms. The first-order chi connectivity index (χ1) is 9.76. The molecule has 0 aromatic carbocycles. The lowest BCUT2D eigenvalue weighted by Crippen LogP contribution is -2.23. The standard InChI is InChI=1S/C18H36NS/c1-4-6-7-8-9-10-11-12-13-14-17-20(5-2)18(3)15-16-19/h18H,4-15,17H2,1-3H3/q+1. The molecular weight excluding hydrogens is 262 g/mol. The summed E-state index contributed by atoms with van der Waals surface area (Å²) >= 11 is 0. The minimum Gasteiger partial charge on any atom is -0.198 e. The molecule has 2 unspecified atom stereocenters. The number of nitrogens with zero attached hydrogens (tertiary/aromatic N) is 1. The molecule has 0 bridgehead atoms. The maximum atomic E-state index is 8.78. The van der Waals surface area contributed by atoms with Crippen LogP contribution in [0.1, 0.15) is 91.4 Å². The van der Waals surface area contributed by atoms with E-state index in [0.717, 1.165) is 6.42 Å². The Balaban J connectivity index is 3.36. The molecule has 0 saturated carbocycles. The van der Waals surface area contributed by atoms with Crippen LogP contribution in [0.25, 0.3) is 0 Å². The summed E-state index contributed by atoms with van der Waals surface area (Å²) in [6, 6.07) is 2.33. The lowest BCUT2D eigenvalue weighted by molar-refractivity contribution is 0.563. The summed E-state index contributed by atoms with van der Waals surface area (Å²) in [4.78, 5) is 0. The smallest absolute Gasteiger partial charge is 0.128 e. The zero-order valence-corrected chi connectivity index (χ0v) is 14.9. The molecule has 118 valence electrons. The molecule has 2 heteroatoms. The SMILES string of the molecule is CCCCCCCCCCCC[S+](CC)C(C)CC#N. The fourth-order valence-corrected chi connectivity index (χ4v) is 4.80. The van der Waals surface area contributed by atoms with Gasteiger partial charge in [0.05, 0.1) is 12.5 Å². The van der Waals surface area contributed by atoms with Crippen molar-refractivity contribution in [1.82, 2.24) is 0 Å². The highest BCUT2D eigenvalue weighted by atomic mass is 32.2. The van der Waals surface area contributed by atoms with Gasteiger partial charge < -0.3 is 0 Å². The van der Waals surface area contributed by atoms with Crippen molar-refractivity contribution in [3.05, 3.63) is 0 Å². The third kappa shape index (κ3) is 11.6. The highest BCUT2D eigenvalue weighted by Gasteiger charge is 2.23. The fraction of sp³-hybridized carbons (Fsp3) is 0.944. The first-order valence-electron chi connectivity index (χ1n) is 8.79. The van der Waals surface area contributed by atoms with Crippen LogP contribution in [0, 0.1) is 11.3 Å². The van der Waals surface area contributed by atoms with Gasteiger partial charge >= 0.3 is 0 Å². The molecular formula is C18H36NS+. The lowest BCUT2D eigenvalue weighted by atomic mass is 10.1. The van der Waals surface area contributed by atoms with Gasteiger partial charge in [-0.05, 0) is 37.6 Å². The van der Waals surface area contributed by atoms with E-state index in [1.165, 1.54) is 75.7 Å². The van der Waals surface area contributed by atoms with Gasteiger partial charge in [0.25, 0.3) is 0 Å². The van der Waals surface area contributed by atoms with E-state index in [1.807, 2.05) is 0 Å². The minimum absolute atomic E-state index is 0.489. The number of hydrogen-bond acceptors (Lipinski definition) is 1. The second kappa shape index (κ2) is 15.2. The van der Waals surface area contributed by atoms with Crippen molar-refractivity contribution < 1.29 is 0 Å². The quantitative estimate of drug-likeness (QED) is 0.291. The van der Waals surface area contributed by atoms with Crippen LogP contribution in [0.3, 0.4) is 0 Å². The van der Waals surface area contributed by atoms with Crippen LogP contribution in [0.5, 0.6) is 0 Å². The summed E-state index contributed by atoms with van der Waals surface area (Å²) in [5.74, 6) is 2.62. The molecule has 0 aliphatic heterocycles. The highest BCUT2D eigenvalue weighted by Crippen LogP contribution is 2.15. The Kier molecular flexibility index (Phi) is 15.1. The lowest BCUT2D eigenvalue weighted by Gasteiger charge is -2.11. The van der Waals surface area contributed by atoms with E-state index in [2.05, 4.69) is 26.8 Å². The average Bonchev–Trinajstić information content (AvgIpc) is 2.45. The topological polar surface area (TPSA) is 23.8 Å². The average molecular weight is 299 g/mol. The third-order valence-corrected chi connectivity index (χ3v) is 6.94. The van der Waals surface area contributed by atoms with Crippen molar-refractivity contribution in [2.75, 3.05) is 11.5 Å². The van der Waals surface area contributed by atoms with Gasteiger partial charge in [-0.25, -0.2) is 0 Å². The molecule has 0 aromatic rings. The van der Waals surface area contributed by atoms with Crippen molar-refractivity contribution in [2.24, 2.45) is 0 Å². The Hall–Kier alpha value is -0.160. The van der Waals surface area contributed by atoms with Gasteiger partial charge in [-0.1, -0.05) is 58.3 Å². The molecule has 0 fully saturated rings. The monoisotopic (exact) mass is 298 g/mol. The van der Waals surface area contributed by atoms with Crippen molar-refractivity contribution in [1.29, 1.82) is 5.26 Å². The van der Waals surface area contributed by atoms with E-state index in [4.69, 9.17) is 5.26 Å². The minimum atomic E-state index is 0.489. The number of hydrogen-bond donors (Lipinski definition) is 0. The molecule has 0 aromatic heterocycles. The Morgan fingerprint density at radius 1 is 0.850 bits per heavy atom. The van der Waals surface area contributed by atoms with Crippen molar-refractivity contribution in [3.63, 3.8) is 0 Å². The molecule has 0 aliphatic carbocycles. The van der Waals surface area contributed by atoms with E-state index in [9.17, 15) is 0 Å². The third-order valence-electron chi connectivity index (χ3n) is 4.08. The number of nitriles is 1. The van der Waals surface area contributed by atoms with Crippen LogP contribution < -0.4 is 0 Å². The number of unbranched alkanes of at least 4 members (excludes halogenated alkanes) is 9. The van der Waals surface area contributed by atoms with Crippen molar-refractivity contribution >= 4 is 10.9 Å². The second-order valence-electron chi connectivity index (χ2n) is 5.89. The van der Waals surface area contributed by atoms with Gasteiger partial charge in [-0.3, -0.25) is 0 Å². The summed E-state index contributed by atoms with van der Waals surface area (Å²) in [6.45, 7) is 6.82. The van der Waals surface area contributed by atoms with Crippen LogP contribution >= 0.6 is 0 Å². The largest absolute Gasteiger partial charge is 0.198 e. The second-order valence-corrected chi connectivity index (χ2v) is 8.75. The Labute approximate surface area is 130 Å². The molecule has 0 N–H and O–H groups in total. The summed E-state index contributed by atoms with van der Waals surface area (Å²) < 4.78 is 0. The summed E-state index contributed by atoms with van der Waals surface area (Å²) in [5, 5.41) is 9.40. The maximum Gasteiger partial charge on any atom is 0.128 e. The predicted octanol–water partition coefficient (Wildman–Crippen LogP) is 5.85. The van der Waals surface area contributed by atoms with E-state index in [0.29, 0.717) is 16.1 Å². The molecule has 0 spiro atoms. The Bertz CT molecular complexity index is 234. The molecule has 0 rings (SSSR count). The van der Waals surface area contributed by atoms with E-state index < -0.39 is 0 Å². The van der Waals surface area contributed by atoms with E-state index in [-0.39, 0.29) is 0 Å². The van der Waals surface area contributed by atoms with Gasteiger partial charge in [0.15, 0.2) is 0 Å². The van der Waals surface area contributed by atoms with Gasteiger partial charge in [-0.2, -0.15) is 5.26 Å². The van der Waals surface area contributed by atoms with Gasteiger partial charge in [0.1, 0.15) is 16.8 Å². The van der Waals surface area contributed by atoms with Crippen LogP contribution in [-0.4, -0.2) is 16.8 Å². The molecule has 0 saturated heterocycles. The maximum absolute atomic E-state index is 8.78.